The molecule has 1 aromatic heterocycles. The third kappa shape index (κ3) is 4.21. The van der Waals surface area contributed by atoms with Crippen molar-refractivity contribution in [2.45, 2.75) is 32.4 Å². The minimum atomic E-state index is -1.11. The van der Waals surface area contributed by atoms with E-state index in [1.165, 1.54) is 12.0 Å². The molecule has 1 unspecified atom stereocenters. The number of hydrogen-bond donors (Lipinski definition) is 1. The minimum absolute atomic E-state index is 0.174. The summed E-state index contributed by atoms with van der Waals surface area (Å²) in [5.74, 6) is -0.668. The van der Waals surface area contributed by atoms with Gasteiger partial charge in [0.1, 0.15) is 0 Å². The van der Waals surface area contributed by atoms with E-state index in [2.05, 4.69) is 20.4 Å². The molecule has 1 saturated heterocycles. The maximum absolute atomic E-state index is 11.7. The summed E-state index contributed by atoms with van der Waals surface area (Å²) < 4.78 is 1.60. The number of carbonyl (C=O) groups excluding carboxylic acids is 1. The van der Waals surface area contributed by atoms with E-state index in [4.69, 9.17) is 9.94 Å². The van der Waals surface area contributed by atoms with Crippen LogP contribution < -0.4 is 0 Å². The fraction of sp³-hybridized carbons (Fsp3) is 0.750. The summed E-state index contributed by atoms with van der Waals surface area (Å²) in [6.45, 7) is 2.88. The summed E-state index contributed by atoms with van der Waals surface area (Å²) in [4.78, 5) is 29.6. The summed E-state index contributed by atoms with van der Waals surface area (Å²) in [5.41, 5.74) is 0. The Kier molecular flexibility index (Phi) is 5.39. The highest BCUT2D eigenvalue weighted by Gasteiger charge is 2.29. The number of carboxylic acids is 1. The number of piperidine rings is 1. The lowest BCUT2D eigenvalue weighted by atomic mass is 10.1. The maximum Gasteiger partial charge on any atom is 0.332 e. The Morgan fingerprint density at radius 3 is 2.86 bits per heavy atom. The van der Waals surface area contributed by atoms with Gasteiger partial charge in [0.05, 0.1) is 12.6 Å². The fourth-order valence-corrected chi connectivity index (χ4v) is 2.53. The van der Waals surface area contributed by atoms with Gasteiger partial charge in [-0.25, -0.2) is 14.5 Å². The Morgan fingerprint density at radius 2 is 2.27 bits per heavy atom. The third-order valence-electron chi connectivity index (χ3n) is 3.52. The van der Waals surface area contributed by atoms with E-state index in [0.717, 1.165) is 25.2 Å². The van der Waals surface area contributed by atoms with Crippen molar-refractivity contribution >= 4 is 11.9 Å². The molecule has 0 spiro atoms. The lowest BCUT2D eigenvalue weighted by Crippen LogP contribution is -2.49. The second kappa shape index (κ2) is 7.27. The molecule has 1 N–H and O–H groups in total. The Bertz CT molecular complexity index is 533. The number of amides is 1. The van der Waals surface area contributed by atoms with Gasteiger partial charge in [0.15, 0.2) is 12.4 Å². The van der Waals surface area contributed by atoms with Crippen LogP contribution in [0, 0.1) is 0 Å². The molecule has 0 radical (unpaired) electrons. The van der Waals surface area contributed by atoms with E-state index in [1.54, 1.807) is 11.7 Å². The standard InChI is InChI=1S/C12H20N6O4/c1-9(19)18(22-8-12(20)21)10-4-3-5-17(6-10)7-11-13-14-15-16(11)2/h10H,3-8H2,1-2H3,(H,20,21). The van der Waals surface area contributed by atoms with Gasteiger partial charge in [-0.3, -0.25) is 14.5 Å². The second-order valence-electron chi connectivity index (χ2n) is 5.26. The highest BCUT2D eigenvalue weighted by atomic mass is 16.7. The number of hydrogen-bond acceptors (Lipinski definition) is 7. The van der Waals surface area contributed by atoms with Crippen molar-refractivity contribution in [2.24, 2.45) is 7.05 Å². The summed E-state index contributed by atoms with van der Waals surface area (Å²) in [7, 11) is 1.77. The zero-order chi connectivity index (χ0) is 16.1. The first-order valence-electron chi connectivity index (χ1n) is 7.05. The number of rotatable bonds is 6. The van der Waals surface area contributed by atoms with Crippen LogP contribution in [0.1, 0.15) is 25.6 Å². The topological polar surface area (TPSA) is 114 Å². The van der Waals surface area contributed by atoms with Crippen LogP contribution in [0.25, 0.3) is 0 Å². The van der Waals surface area contributed by atoms with Crippen LogP contribution in [0.4, 0.5) is 0 Å². The molecule has 1 aromatic rings. The van der Waals surface area contributed by atoms with Gasteiger partial charge in [-0.2, -0.15) is 0 Å². The molecule has 1 fully saturated rings. The molecule has 10 nitrogen and oxygen atoms in total. The number of carbonyl (C=O) groups is 2. The Morgan fingerprint density at radius 1 is 1.50 bits per heavy atom. The van der Waals surface area contributed by atoms with E-state index in [1.807, 2.05) is 0 Å². The normalized spacial score (nSPS) is 19.1. The zero-order valence-corrected chi connectivity index (χ0v) is 12.7. The van der Waals surface area contributed by atoms with Crippen molar-refractivity contribution in [3.05, 3.63) is 5.82 Å². The van der Waals surface area contributed by atoms with E-state index in [9.17, 15) is 9.59 Å². The van der Waals surface area contributed by atoms with Crippen LogP contribution in [0.5, 0.6) is 0 Å². The molecule has 1 atom stereocenters. The molecule has 122 valence electrons. The van der Waals surface area contributed by atoms with E-state index < -0.39 is 12.6 Å². The number of likely N-dealkylation sites (tertiary alicyclic amines) is 1. The first kappa shape index (κ1) is 16.3. The predicted molar refractivity (Wildman–Crippen MR) is 73.2 cm³/mol. The van der Waals surface area contributed by atoms with Gasteiger partial charge in [0, 0.05) is 20.5 Å². The van der Waals surface area contributed by atoms with Gasteiger partial charge in [-0.15, -0.1) is 5.10 Å². The number of aliphatic carboxylic acids is 1. The van der Waals surface area contributed by atoms with Gasteiger partial charge < -0.3 is 5.11 Å². The lowest BCUT2D eigenvalue weighted by molar-refractivity contribution is -0.207. The number of hydroxylamine groups is 2. The van der Waals surface area contributed by atoms with Crippen molar-refractivity contribution in [1.29, 1.82) is 0 Å². The molecule has 1 amide bonds. The quantitative estimate of drug-likeness (QED) is 0.668. The first-order chi connectivity index (χ1) is 10.5. The molecule has 0 aliphatic carbocycles. The Hall–Kier alpha value is -2.07. The Labute approximate surface area is 127 Å². The number of nitrogens with zero attached hydrogens (tertiary/aromatic N) is 6. The van der Waals surface area contributed by atoms with Crippen LogP contribution in [0.2, 0.25) is 0 Å². The SMILES string of the molecule is CC(=O)N(OCC(=O)O)C1CCCN(Cc2nnnn2C)C1. The highest BCUT2D eigenvalue weighted by Crippen LogP contribution is 2.18. The number of tetrazole rings is 1. The van der Waals surface area contributed by atoms with Crippen LogP contribution >= 0.6 is 0 Å². The molecule has 2 rings (SSSR count). The predicted octanol–water partition coefficient (Wildman–Crippen LogP) is -0.961. The summed E-state index contributed by atoms with van der Waals surface area (Å²) in [5, 5.41) is 21.2. The second-order valence-corrected chi connectivity index (χ2v) is 5.26. The molecule has 22 heavy (non-hydrogen) atoms. The average molecular weight is 312 g/mol. The molecule has 0 saturated carbocycles. The number of carboxylic acid groups (broad SMARTS) is 1. The summed E-state index contributed by atoms with van der Waals surface area (Å²) in [6, 6.07) is -0.174. The molecular formula is C12H20N6O4. The van der Waals surface area contributed by atoms with Crippen LogP contribution in [-0.2, 0) is 28.0 Å². The van der Waals surface area contributed by atoms with Crippen molar-refractivity contribution in [3.63, 3.8) is 0 Å². The molecular weight excluding hydrogens is 292 g/mol. The maximum atomic E-state index is 11.7. The van der Waals surface area contributed by atoms with Gasteiger partial charge in [-0.1, -0.05) is 0 Å². The van der Waals surface area contributed by atoms with E-state index >= 15 is 0 Å². The lowest BCUT2D eigenvalue weighted by Gasteiger charge is -2.37. The van der Waals surface area contributed by atoms with Gasteiger partial charge >= 0.3 is 5.97 Å². The third-order valence-corrected chi connectivity index (χ3v) is 3.52. The zero-order valence-electron chi connectivity index (χ0n) is 12.7. The van der Waals surface area contributed by atoms with Crippen molar-refractivity contribution in [2.75, 3.05) is 19.7 Å². The van der Waals surface area contributed by atoms with E-state index in [0.29, 0.717) is 13.1 Å². The minimum Gasteiger partial charge on any atom is -0.479 e. The summed E-state index contributed by atoms with van der Waals surface area (Å²) >= 11 is 0. The summed E-state index contributed by atoms with van der Waals surface area (Å²) in [6.07, 6.45) is 1.66. The van der Waals surface area contributed by atoms with Crippen LogP contribution in [-0.4, -0.2) is 72.9 Å². The highest BCUT2D eigenvalue weighted by molar-refractivity contribution is 5.73. The largest absolute Gasteiger partial charge is 0.479 e. The molecule has 0 aromatic carbocycles. The van der Waals surface area contributed by atoms with Crippen LogP contribution in [0.3, 0.4) is 0 Å². The molecule has 2 heterocycles. The fourth-order valence-electron chi connectivity index (χ4n) is 2.53. The number of aromatic nitrogens is 4. The van der Waals surface area contributed by atoms with Gasteiger partial charge in [0.25, 0.3) is 0 Å². The molecule has 1 aliphatic rings. The van der Waals surface area contributed by atoms with Gasteiger partial charge in [0.2, 0.25) is 5.91 Å². The molecule has 10 heteroatoms. The smallest absolute Gasteiger partial charge is 0.332 e. The first-order valence-corrected chi connectivity index (χ1v) is 7.05. The average Bonchev–Trinajstić information content (AvgIpc) is 2.84. The van der Waals surface area contributed by atoms with Crippen molar-refractivity contribution in [3.8, 4) is 0 Å². The van der Waals surface area contributed by atoms with E-state index in [-0.39, 0.29) is 11.9 Å². The van der Waals surface area contributed by atoms with Gasteiger partial charge in [-0.05, 0) is 29.8 Å². The monoisotopic (exact) mass is 312 g/mol. The molecule has 1 aliphatic heterocycles. The number of aryl methyl sites for hydroxylation is 1. The van der Waals surface area contributed by atoms with Crippen LogP contribution in [0.15, 0.2) is 0 Å². The Balaban J connectivity index is 1.96. The van der Waals surface area contributed by atoms with Crippen molar-refractivity contribution < 1.29 is 19.5 Å². The molecule has 0 bridgehead atoms. The van der Waals surface area contributed by atoms with Crippen molar-refractivity contribution in [1.82, 2.24) is 30.2 Å².